The van der Waals surface area contributed by atoms with Crippen molar-refractivity contribution in [3.63, 3.8) is 0 Å². The third kappa shape index (κ3) is 2.22. The molecule has 1 aliphatic rings. The van der Waals surface area contributed by atoms with Crippen LogP contribution in [0.5, 0.6) is 0 Å². The maximum absolute atomic E-state index is 11.9. The molecule has 0 saturated heterocycles. The normalized spacial score (nSPS) is 17.9. The van der Waals surface area contributed by atoms with Crippen LogP contribution in [0.3, 0.4) is 0 Å². The van der Waals surface area contributed by atoms with E-state index >= 15 is 0 Å². The van der Waals surface area contributed by atoms with Crippen LogP contribution >= 0.6 is 7.60 Å². The molecule has 0 aromatic rings. The predicted octanol–water partition coefficient (Wildman–Crippen LogP) is 3.32. The first-order valence-corrected chi connectivity index (χ1v) is 6.09. The molecule has 0 unspecified atom stereocenters. The van der Waals surface area contributed by atoms with Gasteiger partial charge in [-0.15, -0.1) is 0 Å². The minimum absolute atomic E-state index is 0.815. The maximum atomic E-state index is 11.9. The van der Waals surface area contributed by atoms with Crippen molar-refractivity contribution in [1.29, 1.82) is 0 Å². The summed E-state index contributed by atoms with van der Waals surface area (Å²) >= 11 is 0. The third-order valence-corrected chi connectivity index (χ3v) is 4.71. The summed E-state index contributed by atoms with van der Waals surface area (Å²) in [5.41, 5.74) is 1.26. The molecule has 1 saturated carbocycles. The Morgan fingerprint density at radius 2 is 1.69 bits per heavy atom. The molecule has 0 N–H and O–H groups in total. The highest BCUT2D eigenvalue weighted by molar-refractivity contribution is 7.58. The predicted molar refractivity (Wildman–Crippen MR) is 52.8 cm³/mol. The zero-order valence-electron chi connectivity index (χ0n) is 8.50. The van der Waals surface area contributed by atoms with E-state index in [0.717, 1.165) is 18.2 Å². The first kappa shape index (κ1) is 11.0. The molecular weight excluding hydrogens is 187 g/mol. The topological polar surface area (TPSA) is 35.5 Å². The van der Waals surface area contributed by atoms with E-state index < -0.39 is 7.60 Å². The standard InChI is InChI=1S/C9H17O3P/c1-8(9-6-4-5-7-9)13(10,11-2)12-3/h4-7H2,1-3H3. The van der Waals surface area contributed by atoms with Crippen LogP contribution in [0.4, 0.5) is 0 Å². The zero-order chi connectivity index (χ0) is 9.90. The lowest BCUT2D eigenvalue weighted by atomic mass is 10.2. The molecule has 0 atom stereocenters. The largest absolute Gasteiger partial charge is 0.356 e. The summed E-state index contributed by atoms with van der Waals surface area (Å²) in [5, 5.41) is 0.815. The van der Waals surface area contributed by atoms with Gasteiger partial charge in [0.05, 0.1) is 0 Å². The molecule has 0 aromatic carbocycles. The van der Waals surface area contributed by atoms with Crippen molar-refractivity contribution in [3.8, 4) is 0 Å². The van der Waals surface area contributed by atoms with Gasteiger partial charge in [-0.1, -0.05) is 5.57 Å². The van der Waals surface area contributed by atoms with Crippen molar-refractivity contribution in [2.24, 2.45) is 0 Å². The Bertz CT molecular complexity index is 242. The Morgan fingerprint density at radius 3 is 2.08 bits per heavy atom. The molecule has 0 bridgehead atoms. The zero-order valence-corrected chi connectivity index (χ0v) is 9.39. The van der Waals surface area contributed by atoms with Crippen molar-refractivity contribution in [3.05, 3.63) is 10.9 Å². The summed E-state index contributed by atoms with van der Waals surface area (Å²) in [7, 11) is -0.0741. The molecule has 1 fully saturated rings. The van der Waals surface area contributed by atoms with Gasteiger partial charge in [-0.25, -0.2) is 0 Å². The molecule has 0 spiro atoms. The molecule has 0 radical (unpaired) electrons. The monoisotopic (exact) mass is 204 g/mol. The molecule has 0 heterocycles. The number of rotatable bonds is 3. The van der Waals surface area contributed by atoms with Crippen LogP contribution in [0.25, 0.3) is 0 Å². The van der Waals surface area contributed by atoms with E-state index in [9.17, 15) is 4.57 Å². The summed E-state index contributed by atoms with van der Waals surface area (Å²) in [5.74, 6) is 0. The van der Waals surface area contributed by atoms with Gasteiger partial charge in [-0.05, 0) is 32.6 Å². The van der Waals surface area contributed by atoms with Crippen molar-refractivity contribution < 1.29 is 13.6 Å². The van der Waals surface area contributed by atoms with Gasteiger partial charge >= 0.3 is 7.60 Å². The van der Waals surface area contributed by atoms with Gasteiger partial charge in [-0.2, -0.15) is 0 Å². The fourth-order valence-electron chi connectivity index (χ4n) is 1.71. The fraction of sp³-hybridized carbons (Fsp3) is 0.778. The molecule has 0 aromatic heterocycles. The van der Waals surface area contributed by atoms with Gasteiger partial charge in [0.15, 0.2) is 0 Å². The van der Waals surface area contributed by atoms with Gasteiger partial charge in [-0.3, -0.25) is 4.57 Å². The van der Waals surface area contributed by atoms with E-state index in [0.29, 0.717) is 0 Å². The Morgan fingerprint density at radius 1 is 1.23 bits per heavy atom. The molecule has 0 aliphatic heterocycles. The van der Waals surface area contributed by atoms with Gasteiger partial charge in [0, 0.05) is 19.5 Å². The van der Waals surface area contributed by atoms with Gasteiger partial charge in [0.2, 0.25) is 0 Å². The smallest absolute Gasteiger partial charge is 0.309 e. The van der Waals surface area contributed by atoms with Crippen LogP contribution in [0.15, 0.2) is 10.9 Å². The number of hydrogen-bond donors (Lipinski definition) is 0. The van der Waals surface area contributed by atoms with E-state index in [1.165, 1.54) is 32.6 Å². The van der Waals surface area contributed by atoms with E-state index in [4.69, 9.17) is 9.05 Å². The van der Waals surface area contributed by atoms with Gasteiger partial charge < -0.3 is 9.05 Å². The van der Waals surface area contributed by atoms with E-state index in [1.54, 1.807) is 0 Å². The lowest BCUT2D eigenvalue weighted by Crippen LogP contribution is -1.92. The fourth-order valence-corrected chi connectivity index (χ4v) is 3.01. The lowest BCUT2D eigenvalue weighted by Gasteiger charge is -2.16. The Labute approximate surface area is 79.7 Å². The molecule has 0 amide bonds. The number of allylic oxidation sites excluding steroid dienone is 2. The minimum atomic E-state index is -2.94. The van der Waals surface area contributed by atoms with E-state index in [1.807, 2.05) is 6.92 Å². The van der Waals surface area contributed by atoms with E-state index in [-0.39, 0.29) is 0 Å². The first-order valence-electron chi connectivity index (χ1n) is 4.54. The van der Waals surface area contributed by atoms with Crippen molar-refractivity contribution >= 4 is 7.60 Å². The molecule has 3 nitrogen and oxygen atoms in total. The average Bonchev–Trinajstić information content (AvgIpc) is 2.68. The van der Waals surface area contributed by atoms with Gasteiger partial charge in [0.25, 0.3) is 0 Å². The molecule has 76 valence electrons. The highest BCUT2D eigenvalue weighted by Gasteiger charge is 2.27. The molecule has 1 rings (SSSR count). The second kappa shape index (κ2) is 4.41. The average molecular weight is 204 g/mol. The van der Waals surface area contributed by atoms with Crippen LogP contribution < -0.4 is 0 Å². The molecule has 13 heavy (non-hydrogen) atoms. The van der Waals surface area contributed by atoms with Crippen LogP contribution in [-0.2, 0) is 13.6 Å². The van der Waals surface area contributed by atoms with Crippen LogP contribution in [0.1, 0.15) is 32.6 Å². The van der Waals surface area contributed by atoms with Gasteiger partial charge in [0.1, 0.15) is 0 Å². The second-order valence-electron chi connectivity index (χ2n) is 3.26. The summed E-state index contributed by atoms with van der Waals surface area (Å²) < 4.78 is 21.8. The Hall–Kier alpha value is -0.110. The second-order valence-corrected chi connectivity index (χ2v) is 5.65. The van der Waals surface area contributed by atoms with Crippen molar-refractivity contribution in [2.45, 2.75) is 32.6 Å². The van der Waals surface area contributed by atoms with Crippen molar-refractivity contribution in [1.82, 2.24) is 0 Å². The summed E-state index contributed by atoms with van der Waals surface area (Å²) in [6.45, 7) is 1.86. The van der Waals surface area contributed by atoms with E-state index in [2.05, 4.69) is 0 Å². The van der Waals surface area contributed by atoms with Crippen molar-refractivity contribution in [2.75, 3.05) is 14.2 Å². The molecular formula is C9H17O3P. The Kier molecular flexibility index (Phi) is 3.72. The highest BCUT2D eigenvalue weighted by atomic mass is 31.2. The summed E-state index contributed by atoms with van der Waals surface area (Å²) in [6.07, 6.45) is 4.48. The Balaban J connectivity index is 2.91. The summed E-state index contributed by atoms with van der Waals surface area (Å²) in [4.78, 5) is 0. The molecule has 4 heteroatoms. The third-order valence-electron chi connectivity index (χ3n) is 2.61. The minimum Gasteiger partial charge on any atom is -0.309 e. The molecule has 1 aliphatic carbocycles. The van der Waals surface area contributed by atoms with Crippen LogP contribution in [-0.4, -0.2) is 14.2 Å². The summed E-state index contributed by atoms with van der Waals surface area (Å²) in [6, 6.07) is 0. The number of hydrogen-bond acceptors (Lipinski definition) is 3. The maximum Gasteiger partial charge on any atom is 0.356 e. The van der Waals surface area contributed by atoms with Crippen LogP contribution in [0, 0.1) is 0 Å². The van der Waals surface area contributed by atoms with Crippen LogP contribution in [0.2, 0.25) is 0 Å². The SMILES string of the molecule is COP(=O)(OC)C(C)=C1CCCC1. The quantitative estimate of drug-likeness (QED) is 0.661. The first-order chi connectivity index (χ1) is 6.14. The highest BCUT2D eigenvalue weighted by Crippen LogP contribution is 2.57. The lowest BCUT2D eigenvalue weighted by molar-refractivity contribution is 0.283.